The molecule has 0 amide bonds. The van der Waals surface area contributed by atoms with Gasteiger partial charge in [-0.3, -0.25) is 9.59 Å². The summed E-state index contributed by atoms with van der Waals surface area (Å²) in [6.07, 6.45) is 5.25. The molecule has 0 aliphatic heterocycles. The maximum atomic E-state index is 13.1. The minimum Gasteiger partial charge on any atom is -0.465 e. The van der Waals surface area contributed by atoms with Crippen molar-refractivity contribution in [2.75, 3.05) is 13.2 Å². The Bertz CT molecular complexity index is 1120. The highest BCUT2D eigenvalue weighted by atomic mass is 16.6. The van der Waals surface area contributed by atoms with Crippen molar-refractivity contribution < 1.29 is 39.2 Å². The minimum atomic E-state index is -1.87. The molecule has 37 heavy (non-hydrogen) atoms. The summed E-state index contributed by atoms with van der Waals surface area (Å²) in [5.74, 6) is -4.19. The predicted molar refractivity (Wildman–Crippen MR) is 135 cm³/mol. The van der Waals surface area contributed by atoms with E-state index in [1.165, 1.54) is 0 Å². The molecule has 0 bridgehead atoms. The summed E-state index contributed by atoms with van der Waals surface area (Å²) >= 11 is 0. The fourth-order valence-corrected chi connectivity index (χ4v) is 7.37. The van der Waals surface area contributed by atoms with E-state index >= 15 is 0 Å². The Labute approximate surface area is 218 Å². The Kier molecular flexibility index (Phi) is 6.66. The van der Waals surface area contributed by atoms with Crippen molar-refractivity contribution in [3.8, 4) is 0 Å². The number of aliphatic hydroxyl groups excluding tert-OH is 1. The van der Waals surface area contributed by atoms with Gasteiger partial charge < -0.3 is 24.8 Å². The number of aliphatic hydroxyl groups is 3. The maximum absolute atomic E-state index is 13.1. The van der Waals surface area contributed by atoms with E-state index in [-0.39, 0.29) is 31.3 Å². The first-order chi connectivity index (χ1) is 17.1. The van der Waals surface area contributed by atoms with Crippen molar-refractivity contribution in [1.29, 1.82) is 0 Å². The van der Waals surface area contributed by atoms with Gasteiger partial charge in [0.05, 0.1) is 18.1 Å². The molecule has 0 aromatic carbocycles. The molecule has 4 aliphatic rings. The molecular formula is C29H40O8. The van der Waals surface area contributed by atoms with Gasteiger partial charge >= 0.3 is 11.9 Å². The summed E-state index contributed by atoms with van der Waals surface area (Å²) in [6, 6.07) is 0. The molecule has 0 heterocycles. The second kappa shape index (κ2) is 8.89. The monoisotopic (exact) mass is 516 g/mol. The van der Waals surface area contributed by atoms with Crippen molar-refractivity contribution in [3.63, 3.8) is 0 Å². The quantitative estimate of drug-likeness (QED) is 0.279. The zero-order chi connectivity index (χ0) is 27.7. The van der Waals surface area contributed by atoms with E-state index in [9.17, 15) is 29.7 Å². The number of carbonyl (C=O) groups is 3. The molecule has 2 saturated carbocycles. The van der Waals surface area contributed by atoms with Crippen LogP contribution in [0.15, 0.2) is 34.9 Å². The predicted octanol–water partition coefficient (Wildman–Crippen LogP) is 2.66. The zero-order valence-corrected chi connectivity index (χ0v) is 22.8. The lowest BCUT2D eigenvalue weighted by molar-refractivity contribution is -0.185. The Hall–Kier alpha value is -2.29. The average Bonchev–Trinajstić information content (AvgIpc) is 3.29. The van der Waals surface area contributed by atoms with Crippen molar-refractivity contribution in [3.05, 3.63) is 34.9 Å². The van der Waals surface area contributed by atoms with Gasteiger partial charge in [-0.25, -0.2) is 4.79 Å². The smallest absolute Gasteiger partial charge is 0.333 e. The third-order valence-corrected chi connectivity index (χ3v) is 9.68. The number of hydrogen-bond acceptors (Lipinski definition) is 8. The lowest BCUT2D eigenvalue weighted by Gasteiger charge is -2.50. The fraction of sp³-hybridized carbons (Fsp3) is 0.690. The average molecular weight is 517 g/mol. The van der Waals surface area contributed by atoms with Crippen LogP contribution in [0.4, 0.5) is 0 Å². The highest BCUT2D eigenvalue weighted by Crippen LogP contribution is 2.76. The third kappa shape index (κ3) is 3.70. The SMILES string of the molecule is C/C=C(/C)C(=O)OC12CC(C)C3(O)C(C=C(CO)CC4(O)C(=O)C(C)=CC43)C1C2(C)COC(=O)C(C)C. The van der Waals surface area contributed by atoms with Crippen LogP contribution >= 0.6 is 0 Å². The number of rotatable bonds is 6. The maximum Gasteiger partial charge on any atom is 0.333 e. The molecule has 8 unspecified atom stereocenters. The van der Waals surface area contributed by atoms with Gasteiger partial charge in [0.1, 0.15) is 17.8 Å². The van der Waals surface area contributed by atoms with Crippen molar-refractivity contribution in [2.45, 2.75) is 78.1 Å². The number of hydrogen-bond donors (Lipinski definition) is 3. The van der Waals surface area contributed by atoms with Gasteiger partial charge in [-0.05, 0) is 44.3 Å². The number of Topliss-reactive ketones (excluding diaryl/α,β-unsaturated/α-hetero) is 1. The van der Waals surface area contributed by atoms with Crippen LogP contribution in [0.25, 0.3) is 0 Å². The van der Waals surface area contributed by atoms with Gasteiger partial charge in [-0.1, -0.05) is 45.9 Å². The van der Waals surface area contributed by atoms with E-state index in [2.05, 4.69) is 0 Å². The van der Waals surface area contributed by atoms with Gasteiger partial charge in [0.15, 0.2) is 5.78 Å². The molecule has 0 aromatic rings. The van der Waals surface area contributed by atoms with Crippen molar-refractivity contribution in [1.82, 2.24) is 0 Å². The van der Waals surface area contributed by atoms with Crippen molar-refractivity contribution >= 4 is 17.7 Å². The van der Waals surface area contributed by atoms with Crippen molar-refractivity contribution in [2.24, 2.45) is 35.0 Å². The first kappa shape index (κ1) is 27.7. The topological polar surface area (TPSA) is 130 Å². The van der Waals surface area contributed by atoms with Crippen LogP contribution in [-0.4, -0.2) is 63.1 Å². The van der Waals surface area contributed by atoms with Gasteiger partial charge in [0.25, 0.3) is 0 Å². The fourth-order valence-electron chi connectivity index (χ4n) is 7.37. The highest BCUT2D eigenvalue weighted by molar-refractivity contribution is 6.04. The summed E-state index contributed by atoms with van der Waals surface area (Å²) in [7, 11) is 0. The van der Waals surface area contributed by atoms with Gasteiger partial charge in [0.2, 0.25) is 0 Å². The van der Waals surface area contributed by atoms with E-state index in [1.54, 1.807) is 52.8 Å². The Balaban J connectivity index is 1.85. The molecule has 8 heteroatoms. The molecule has 3 N–H and O–H groups in total. The second-order valence-corrected chi connectivity index (χ2v) is 12.2. The zero-order valence-electron chi connectivity index (χ0n) is 22.8. The van der Waals surface area contributed by atoms with Crippen LogP contribution in [0, 0.1) is 35.0 Å². The normalized spacial score (nSPS) is 42.7. The first-order valence-corrected chi connectivity index (χ1v) is 13.1. The standard InChI is InChI=1S/C29H40O8/c1-8-16(4)25(33)37-28-11-18(6)29(35)20(22(28)26(28,7)14-36-24(32)15(2)3)10-19(13-30)12-27(34)21(29)9-17(5)23(27)31/h8-10,15,18,20-22,30,34-35H,11-14H2,1-7H3/b16-8-. The first-order valence-electron chi connectivity index (χ1n) is 13.1. The number of allylic oxidation sites excluding steroid dienone is 1. The summed E-state index contributed by atoms with van der Waals surface area (Å²) in [5.41, 5.74) is -4.04. The molecule has 4 aliphatic carbocycles. The number of ketones is 1. The van der Waals surface area contributed by atoms with E-state index < -0.39 is 64.2 Å². The van der Waals surface area contributed by atoms with Gasteiger partial charge in [-0.2, -0.15) is 0 Å². The third-order valence-electron chi connectivity index (χ3n) is 9.68. The molecule has 204 valence electrons. The highest BCUT2D eigenvalue weighted by Gasteiger charge is 2.85. The minimum absolute atomic E-state index is 0.0127. The molecule has 0 aromatic heterocycles. The molecule has 0 spiro atoms. The Morgan fingerprint density at radius 3 is 2.46 bits per heavy atom. The van der Waals surface area contributed by atoms with Crippen LogP contribution < -0.4 is 0 Å². The Morgan fingerprint density at radius 1 is 1.24 bits per heavy atom. The Morgan fingerprint density at radius 2 is 1.89 bits per heavy atom. The van der Waals surface area contributed by atoms with Crippen LogP contribution in [0.1, 0.15) is 61.3 Å². The largest absolute Gasteiger partial charge is 0.465 e. The van der Waals surface area contributed by atoms with E-state index in [0.29, 0.717) is 16.7 Å². The lowest BCUT2D eigenvalue weighted by Crippen LogP contribution is -2.61. The van der Waals surface area contributed by atoms with E-state index in [1.807, 2.05) is 13.8 Å². The van der Waals surface area contributed by atoms with Crippen LogP contribution in [0.2, 0.25) is 0 Å². The summed E-state index contributed by atoms with van der Waals surface area (Å²) in [4.78, 5) is 38.6. The number of esters is 2. The molecule has 0 radical (unpaired) electrons. The molecular weight excluding hydrogens is 476 g/mol. The molecule has 8 atom stereocenters. The van der Waals surface area contributed by atoms with E-state index in [0.717, 1.165) is 0 Å². The van der Waals surface area contributed by atoms with E-state index in [4.69, 9.17) is 9.47 Å². The second-order valence-electron chi connectivity index (χ2n) is 12.2. The molecule has 0 saturated heterocycles. The number of ether oxygens (including phenoxy) is 2. The molecule has 4 rings (SSSR count). The summed E-state index contributed by atoms with van der Waals surface area (Å²) in [5, 5.41) is 34.3. The lowest BCUT2D eigenvalue weighted by atomic mass is 9.60. The molecule has 8 nitrogen and oxygen atoms in total. The van der Waals surface area contributed by atoms with Gasteiger partial charge in [0, 0.05) is 35.2 Å². The molecule has 2 fully saturated rings. The van der Waals surface area contributed by atoms with Crippen LogP contribution in [0.3, 0.4) is 0 Å². The number of fused-ring (bicyclic) bond motifs is 5. The number of carbonyl (C=O) groups excluding carboxylic acids is 3. The summed E-state index contributed by atoms with van der Waals surface area (Å²) < 4.78 is 11.9. The van der Waals surface area contributed by atoms with Gasteiger partial charge in [-0.15, -0.1) is 0 Å². The van der Waals surface area contributed by atoms with Crippen LogP contribution in [0.5, 0.6) is 0 Å². The summed E-state index contributed by atoms with van der Waals surface area (Å²) in [6.45, 7) is 11.9. The van der Waals surface area contributed by atoms with Crippen LogP contribution in [-0.2, 0) is 23.9 Å².